The van der Waals surface area contributed by atoms with Crippen molar-refractivity contribution in [3.63, 3.8) is 0 Å². The maximum Gasteiger partial charge on any atom is 0.236 e. The zero-order valence-corrected chi connectivity index (χ0v) is 11.1. The maximum atomic E-state index is 12.8. The molecule has 0 radical (unpaired) electrons. The standard InChI is InChI=1S/C13H17FN2O.ClH/c1-9-6-11(8-16(9)13(17)7-15)10-2-4-12(14)5-3-10;/h2-5,9,11H,6-8,15H2,1H3;1H. The third-order valence-corrected chi connectivity index (χ3v) is 3.41. The van der Waals surface area contributed by atoms with Gasteiger partial charge in [-0.15, -0.1) is 12.4 Å². The first-order valence-electron chi connectivity index (χ1n) is 5.87. The molecule has 2 unspecified atom stereocenters. The van der Waals surface area contributed by atoms with Crippen LogP contribution < -0.4 is 5.73 Å². The van der Waals surface area contributed by atoms with Gasteiger partial charge < -0.3 is 10.6 Å². The molecule has 18 heavy (non-hydrogen) atoms. The van der Waals surface area contributed by atoms with Crippen LogP contribution >= 0.6 is 12.4 Å². The first-order valence-corrected chi connectivity index (χ1v) is 5.87. The van der Waals surface area contributed by atoms with Gasteiger partial charge in [-0.1, -0.05) is 12.1 Å². The molecule has 0 saturated carbocycles. The minimum absolute atomic E-state index is 0. The van der Waals surface area contributed by atoms with Gasteiger partial charge in [-0.3, -0.25) is 4.79 Å². The summed E-state index contributed by atoms with van der Waals surface area (Å²) in [4.78, 5) is 13.4. The van der Waals surface area contributed by atoms with E-state index in [2.05, 4.69) is 0 Å². The number of hydrogen-bond donors (Lipinski definition) is 1. The van der Waals surface area contributed by atoms with E-state index in [0.717, 1.165) is 12.0 Å². The molecule has 0 aromatic heterocycles. The fourth-order valence-electron chi connectivity index (χ4n) is 2.47. The Morgan fingerprint density at radius 1 is 1.44 bits per heavy atom. The summed E-state index contributed by atoms with van der Waals surface area (Å²) in [5.41, 5.74) is 6.47. The number of rotatable bonds is 2. The smallest absolute Gasteiger partial charge is 0.236 e. The Labute approximate surface area is 113 Å². The Kier molecular flexibility index (Phi) is 5.11. The van der Waals surface area contributed by atoms with Crippen LogP contribution in [0.2, 0.25) is 0 Å². The van der Waals surface area contributed by atoms with Gasteiger partial charge in [0.1, 0.15) is 5.82 Å². The van der Waals surface area contributed by atoms with Gasteiger partial charge in [-0.2, -0.15) is 0 Å². The molecule has 1 aliphatic rings. The van der Waals surface area contributed by atoms with E-state index >= 15 is 0 Å². The predicted molar refractivity (Wildman–Crippen MR) is 71.2 cm³/mol. The molecule has 1 heterocycles. The van der Waals surface area contributed by atoms with Crippen LogP contribution in [-0.4, -0.2) is 29.9 Å². The lowest BCUT2D eigenvalue weighted by Crippen LogP contribution is -2.38. The monoisotopic (exact) mass is 272 g/mol. The van der Waals surface area contributed by atoms with Gasteiger partial charge in [0.25, 0.3) is 0 Å². The highest BCUT2D eigenvalue weighted by Crippen LogP contribution is 2.31. The normalized spacial score (nSPS) is 22.7. The molecule has 3 nitrogen and oxygen atoms in total. The molecule has 1 aromatic carbocycles. The first kappa shape index (κ1) is 14.9. The Morgan fingerprint density at radius 3 is 2.61 bits per heavy atom. The number of carbonyl (C=O) groups excluding carboxylic acids is 1. The quantitative estimate of drug-likeness (QED) is 0.894. The average Bonchev–Trinajstić information content (AvgIpc) is 2.71. The minimum atomic E-state index is -0.227. The van der Waals surface area contributed by atoms with Crippen LogP contribution in [0, 0.1) is 5.82 Å². The molecule has 0 bridgehead atoms. The van der Waals surface area contributed by atoms with E-state index < -0.39 is 0 Å². The number of carbonyl (C=O) groups is 1. The van der Waals surface area contributed by atoms with Crippen molar-refractivity contribution < 1.29 is 9.18 Å². The summed E-state index contributed by atoms with van der Waals surface area (Å²) in [5, 5.41) is 0. The van der Waals surface area contributed by atoms with Crippen LogP contribution in [0.25, 0.3) is 0 Å². The third kappa shape index (κ3) is 3.00. The second-order valence-corrected chi connectivity index (χ2v) is 4.58. The molecule has 1 fully saturated rings. The largest absolute Gasteiger partial charge is 0.338 e. The number of halogens is 2. The molecule has 2 rings (SSSR count). The van der Waals surface area contributed by atoms with Crippen molar-refractivity contribution >= 4 is 18.3 Å². The molecule has 5 heteroatoms. The second kappa shape index (κ2) is 6.16. The molecule has 1 aliphatic heterocycles. The lowest BCUT2D eigenvalue weighted by Gasteiger charge is -2.20. The third-order valence-electron chi connectivity index (χ3n) is 3.41. The number of hydrogen-bond acceptors (Lipinski definition) is 2. The molecule has 2 atom stereocenters. The summed E-state index contributed by atoms with van der Waals surface area (Å²) in [7, 11) is 0. The summed E-state index contributed by atoms with van der Waals surface area (Å²) in [6, 6.07) is 6.73. The van der Waals surface area contributed by atoms with Gasteiger partial charge >= 0.3 is 0 Å². The summed E-state index contributed by atoms with van der Waals surface area (Å²) >= 11 is 0. The van der Waals surface area contributed by atoms with E-state index in [9.17, 15) is 9.18 Å². The minimum Gasteiger partial charge on any atom is -0.338 e. The zero-order valence-electron chi connectivity index (χ0n) is 10.3. The Hall–Kier alpha value is -1.13. The Morgan fingerprint density at radius 2 is 2.06 bits per heavy atom. The van der Waals surface area contributed by atoms with Crippen molar-refractivity contribution in [2.45, 2.75) is 25.3 Å². The Balaban J connectivity index is 0.00000162. The fraction of sp³-hybridized carbons (Fsp3) is 0.462. The van der Waals surface area contributed by atoms with E-state index in [1.165, 1.54) is 12.1 Å². The van der Waals surface area contributed by atoms with Gasteiger partial charge in [0.05, 0.1) is 6.54 Å². The molecule has 1 aromatic rings. The SMILES string of the molecule is CC1CC(c2ccc(F)cc2)CN1C(=O)CN.Cl. The van der Waals surface area contributed by atoms with E-state index in [0.29, 0.717) is 12.5 Å². The van der Waals surface area contributed by atoms with Crippen molar-refractivity contribution in [2.24, 2.45) is 5.73 Å². The molecule has 1 amide bonds. The van der Waals surface area contributed by atoms with E-state index in [-0.39, 0.29) is 36.7 Å². The average molecular weight is 273 g/mol. The highest BCUT2D eigenvalue weighted by Gasteiger charge is 2.32. The topological polar surface area (TPSA) is 46.3 Å². The molecule has 0 aliphatic carbocycles. The van der Waals surface area contributed by atoms with Crippen LogP contribution in [0.15, 0.2) is 24.3 Å². The number of nitrogens with zero attached hydrogens (tertiary/aromatic N) is 1. The Bertz CT molecular complexity index is 410. The van der Waals surface area contributed by atoms with Gasteiger partial charge in [0.2, 0.25) is 5.91 Å². The molecule has 1 saturated heterocycles. The van der Waals surface area contributed by atoms with E-state index in [4.69, 9.17) is 5.73 Å². The number of benzene rings is 1. The van der Waals surface area contributed by atoms with Crippen molar-refractivity contribution in [2.75, 3.05) is 13.1 Å². The lowest BCUT2D eigenvalue weighted by atomic mass is 9.97. The highest BCUT2D eigenvalue weighted by molar-refractivity contribution is 5.85. The summed E-state index contributed by atoms with van der Waals surface area (Å²) < 4.78 is 12.8. The maximum absolute atomic E-state index is 12.8. The van der Waals surface area contributed by atoms with Crippen LogP contribution in [0.5, 0.6) is 0 Å². The molecule has 0 spiro atoms. The van der Waals surface area contributed by atoms with Crippen LogP contribution in [0.1, 0.15) is 24.8 Å². The van der Waals surface area contributed by atoms with E-state index in [1.54, 1.807) is 12.1 Å². The summed E-state index contributed by atoms with van der Waals surface area (Å²) in [6.07, 6.45) is 0.914. The molecular weight excluding hydrogens is 255 g/mol. The van der Waals surface area contributed by atoms with Crippen LogP contribution in [0.3, 0.4) is 0 Å². The molecular formula is C13H18ClFN2O. The van der Waals surface area contributed by atoms with E-state index in [1.807, 2.05) is 11.8 Å². The molecule has 2 N–H and O–H groups in total. The van der Waals surface area contributed by atoms with Gasteiger partial charge in [-0.25, -0.2) is 4.39 Å². The van der Waals surface area contributed by atoms with Crippen molar-refractivity contribution in [3.8, 4) is 0 Å². The van der Waals surface area contributed by atoms with Crippen LogP contribution in [-0.2, 0) is 4.79 Å². The fourth-order valence-corrected chi connectivity index (χ4v) is 2.47. The van der Waals surface area contributed by atoms with Gasteiger partial charge in [-0.05, 0) is 31.0 Å². The van der Waals surface area contributed by atoms with Gasteiger partial charge in [0, 0.05) is 18.5 Å². The predicted octanol–water partition coefficient (Wildman–Crippen LogP) is 1.91. The highest BCUT2D eigenvalue weighted by atomic mass is 35.5. The number of amides is 1. The van der Waals surface area contributed by atoms with Gasteiger partial charge in [0.15, 0.2) is 0 Å². The number of likely N-dealkylation sites (tertiary alicyclic amines) is 1. The second-order valence-electron chi connectivity index (χ2n) is 4.58. The summed E-state index contributed by atoms with van der Waals surface area (Å²) in [6.45, 7) is 2.76. The van der Waals surface area contributed by atoms with Crippen LogP contribution in [0.4, 0.5) is 4.39 Å². The van der Waals surface area contributed by atoms with Crippen molar-refractivity contribution in [1.29, 1.82) is 0 Å². The lowest BCUT2D eigenvalue weighted by molar-refractivity contribution is -0.130. The van der Waals surface area contributed by atoms with Crippen molar-refractivity contribution in [1.82, 2.24) is 4.90 Å². The number of nitrogens with two attached hydrogens (primary N) is 1. The van der Waals surface area contributed by atoms with Crippen molar-refractivity contribution in [3.05, 3.63) is 35.6 Å². The molecule has 100 valence electrons. The summed E-state index contributed by atoms with van der Waals surface area (Å²) in [5.74, 6) is 0.0536. The first-order chi connectivity index (χ1) is 8.11. The zero-order chi connectivity index (χ0) is 12.4.